The molecule has 6 aromatic carbocycles. The topological polar surface area (TPSA) is 29.5 Å². The number of phenols is 1. The first kappa shape index (κ1) is 36.8. The minimum atomic E-state index is -0.648. The Kier molecular flexibility index (Phi) is 9.42. The van der Waals surface area contributed by atoms with E-state index in [9.17, 15) is 5.11 Å². The number of fused-ring (bicyclic) bond motifs is 9. The molecular formula is C53H42O2S4. The van der Waals surface area contributed by atoms with Crippen LogP contribution in [0.2, 0.25) is 0 Å². The van der Waals surface area contributed by atoms with Crippen LogP contribution in [0.3, 0.4) is 0 Å². The summed E-state index contributed by atoms with van der Waals surface area (Å²) in [7, 11) is 0. The van der Waals surface area contributed by atoms with Gasteiger partial charge in [-0.05, 0) is 112 Å². The van der Waals surface area contributed by atoms with E-state index < -0.39 is 5.41 Å². The van der Waals surface area contributed by atoms with Gasteiger partial charge in [0.25, 0.3) is 0 Å². The molecule has 4 aromatic heterocycles. The van der Waals surface area contributed by atoms with Crippen molar-refractivity contribution in [3.8, 4) is 43.5 Å². The van der Waals surface area contributed by atoms with Crippen molar-refractivity contribution < 1.29 is 9.84 Å². The third-order valence-corrected chi connectivity index (χ3v) is 17.1. The van der Waals surface area contributed by atoms with E-state index in [1.165, 1.54) is 120 Å². The Morgan fingerprint density at radius 3 is 1.56 bits per heavy atom. The summed E-state index contributed by atoms with van der Waals surface area (Å²) < 4.78 is 14.4. The number of hydrogen-bond donors (Lipinski definition) is 1. The summed E-state index contributed by atoms with van der Waals surface area (Å²) in [5, 5.41) is 13.3. The van der Waals surface area contributed by atoms with E-state index in [4.69, 9.17) is 4.74 Å². The van der Waals surface area contributed by atoms with Crippen molar-refractivity contribution in [2.45, 2.75) is 50.9 Å². The summed E-state index contributed by atoms with van der Waals surface area (Å²) in [6.07, 6.45) is 7.43. The van der Waals surface area contributed by atoms with Crippen LogP contribution >= 0.6 is 45.3 Å². The molecule has 290 valence electrons. The number of ether oxygens (including phenoxy) is 1. The van der Waals surface area contributed by atoms with Crippen LogP contribution < -0.4 is 4.74 Å². The van der Waals surface area contributed by atoms with E-state index >= 15 is 0 Å². The van der Waals surface area contributed by atoms with Crippen molar-refractivity contribution in [1.29, 1.82) is 0 Å². The summed E-state index contributed by atoms with van der Waals surface area (Å²) in [5.41, 5.74) is 9.11. The maximum atomic E-state index is 10.7. The highest BCUT2D eigenvalue weighted by Gasteiger charge is 2.46. The fraction of sp³-hybridized carbons (Fsp3) is 0.170. The van der Waals surface area contributed by atoms with Gasteiger partial charge in [-0.1, -0.05) is 124 Å². The average Bonchev–Trinajstić information content (AvgIpc) is 4.08. The quantitative estimate of drug-likeness (QED) is 0.124. The molecule has 1 N–H and O–H groups in total. The van der Waals surface area contributed by atoms with E-state index in [0.29, 0.717) is 0 Å². The van der Waals surface area contributed by atoms with E-state index in [2.05, 4.69) is 140 Å². The highest BCUT2D eigenvalue weighted by molar-refractivity contribution is 7.34. The molecule has 0 aliphatic heterocycles. The van der Waals surface area contributed by atoms with E-state index in [1.807, 2.05) is 57.5 Å². The van der Waals surface area contributed by atoms with Gasteiger partial charge >= 0.3 is 0 Å². The average molecular weight is 839 g/mol. The number of rotatable bonds is 12. The van der Waals surface area contributed by atoms with Crippen molar-refractivity contribution in [2.24, 2.45) is 0 Å². The van der Waals surface area contributed by atoms with Crippen LogP contribution in [0.5, 0.6) is 11.5 Å². The summed E-state index contributed by atoms with van der Waals surface area (Å²) in [6, 6.07) is 53.4. The van der Waals surface area contributed by atoms with Crippen molar-refractivity contribution in [2.75, 3.05) is 6.61 Å². The molecule has 0 atom stereocenters. The SMILES string of the molecule is CCCCCCCCOc1ccc(C2(c3ccc(O)cc3)c3cc(-c4cc5sc6ccccc6c5s4)ccc3-c3ccc(-c4cc5sc6ccccc6c5s4)cc32)cc1. The molecule has 1 aliphatic rings. The predicted molar refractivity (Wildman–Crippen MR) is 257 cm³/mol. The second kappa shape index (κ2) is 15.1. The number of aromatic hydroxyl groups is 1. The summed E-state index contributed by atoms with van der Waals surface area (Å²) >= 11 is 7.54. The standard InChI is InChI=1S/C53H42O2S4/c1-2-3-4-5-6-11-28-55-38-24-20-36(21-25-38)53(35-18-22-37(54)23-19-35)43-29-33(47-31-49-51(58-47)41-12-7-9-14-45(41)56-49)16-26-39(43)40-27-17-34(30-44(40)53)48-32-50-52(59-48)42-13-8-10-15-46(42)57-50/h7-10,12-27,29-32,54H,2-6,11,28H2,1H3. The Morgan fingerprint density at radius 2 is 1.00 bits per heavy atom. The monoisotopic (exact) mass is 838 g/mol. The van der Waals surface area contributed by atoms with Crippen LogP contribution in [0, 0.1) is 0 Å². The maximum Gasteiger partial charge on any atom is 0.119 e. The first-order chi connectivity index (χ1) is 29.1. The van der Waals surface area contributed by atoms with Crippen molar-refractivity contribution in [3.63, 3.8) is 0 Å². The zero-order valence-corrected chi connectivity index (χ0v) is 36.1. The van der Waals surface area contributed by atoms with Crippen molar-refractivity contribution in [1.82, 2.24) is 0 Å². The molecule has 2 nitrogen and oxygen atoms in total. The molecule has 0 amide bonds. The predicted octanol–water partition coefficient (Wildman–Crippen LogP) is 16.7. The number of unbranched alkanes of at least 4 members (excludes halogenated alkanes) is 5. The first-order valence-electron chi connectivity index (χ1n) is 20.7. The van der Waals surface area contributed by atoms with Crippen LogP contribution in [0.4, 0.5) is 0 Å². The molecule has 0 saturated carbocycles. The number of hydrogen-bond acceptors (Lipinski definition) is 6. The third kappa shape index (κ3) is 6.23. The molecule has 59 heavy (non-hydrogen) atoms. The van der Waals surface area contributed by atoms with Crippen LogP contribution in [-0.4, -0.2) is 11.7 Å². The summed E-state index contributed by atoms with van der Waals surface area (Å²) in [6.45, 7) is 2.99. The van der Waals surface area contributed by atoms with Crippen LogP contribution in [0.15, 0.2) is 146 Å². The lowest BCUT2D eigenvalue weighted by atomic mass is 9.67. The van der Waals surface area contributed by atoms with E-state index in [0.717, 1.165) is 24.3 Å². The van der Waals surface area contributed by atoms with Gasteiger partial charge in [-0.3, -0.25) is 0 Å². The molecule has 11 rings (SSSR count). The largest absolute Gasteiger partial charge is 0.508 e. The highest BCUT2D eigenvalue weighted by atomic mass is 32.1. The lowest BCUT2D eigenvalue weighted by molar-refractivity contribution is 0.304. The molecule has 10 aromatic rings. The van der Waals surface area contributed by atoms with Crippen molar-refractivity contribution in [3.05, 3.63) is 168 Å². The molecule has 0 fully saturated rings. The Morgan fingerprint density at radius 1 is 0.492 bits per heavy atom. The number of benzene rings is 6. The summed E-state index contributed by atoms with van der Waals surface area (Å²) in [5.74, 6) is 1.17. The molecule has 0 radical (unpaired) electrons. The van der Waals surface area contributed by atoms with Gasteiger partial charge in [-0.15, -0.1) is 45.3 Å². The van der Waals surface area contributed by atoms with Crippen LogP contribution in [-0.2, 0) is 5.41 Å². The fourth-order valence-electron chi connectivity index (χ4n) is 9.29. The van der Waals surface area contributed by atoms with Gasteiger partial charge in [0, 0.05) is 39.3 Å². The molecule has 0 bridgehead atoms. The molecule has 0 spiro atoms. The maximum absolute atomic E-state index is 10.7. The molecular weight excluding hydrogens is 797 g/mol. The molecule has 6 heteroatoms. The molecule has 0 saturated heterocycles. The van der Waals surface area contributed by atoms with E-state index in [1.54, 1.807) is 0 Å². The van der Waals surface area contributed by atoms with Crippen LogP contribution in [0.25, 0.3) is 71.0 Å². The Labute approximate surface area is 360 Å². The Hall–Kier alpha value is -5.24. The number of thiophene rings is 4. The third-order valence-electron chi connectivity index (χ3n) is 12.2. The molecule has 0 unspecified atom stereocenters. The van der Waals surface area contributed by atoms with E-state index in [-0.39, 0.29) is 5.75 Å². The minimum absolute atomic E-state index is 0.264. The fourth-order valence-corrected chi connectivity index (χ4v) is 14.3. The van der Waals surface area contributed by atoms with Gasteiger partial charge in [-0.25, -0.2) is 0 Å². The first-order valence-corrected chi connectivity index (χ1v) is 24.0. The minimum Gasteiger partial charge on any atom is -0.508 e. The highest BCUT2D eigenvalue weighted by Crippen LogP contribution is 2.58. The smallest absolute Gasteiger partial charge is 0.119 e. The number of phenolic OH excluding ortho intramolecular Hbond substituents is 1. The second-order valence-corrected chi connectivity index (χ2v) is 20.0. The lowest BCUT2D eigenvalue weighted by Gasteiger charge is -2.34. The normalized spacial score (nSPS) is 13.2. The van der Waals surface area contributed by atoms with Gasteiger partial charge in [0.1, 0.15) is 11.5 Å². The van der Waals surface area contributed by atoms with Gasteiger partial charge in [0.15, 0.2) is 0 Å². The second-order valence-electron chi connectivity index (χ2n) is 15.8. The van der Waals surface area contributed by atoms with Gasteiger partial charge in [-0.2, -0.15) is 0 Å². The zero-order valence-electron chi connectivity index (χ0n) is 32.8. The van der Waals surface area contributed by atoms with Gasteiger partial charge in [0.05, 0.1) is 21.4 Å². The van der Waals surface area contributed by atoms with Crippen molar-refractivity contribution >= 4 is 84.3 Å². The Bertz CT molecular complexity index is 2980. The van der Waals surface area contributed by atoms with Gasteiger partial charge < -0.3 is 9.84 Å². The summed E-state index contributed by atoms with van der Waals surface area (Å²) in [4.78, 5) is 2.56. The molecule has 1 aliphatic carbocycles. The lowest BCUT2D eigenvalue weighted by Crippen LogP contribution is -2.28. The zero-order chi connectivity index (χ0) is 39.5. The Balaban J connectivity index is 1.07. The van der Waals surface area contributed by atoms with Crippen LogP contribution in [0.1, 0.15) is 67.7 Å². The molecule has 4 heterocycles. The van der Waals surface area contributed by atoms with Gasteiger partial charge in [0.2, 0.25) is 0 Å².